The molecule has 0 bridgehead atoms. The highest BCUT2D eigenvalue weighted by molar-refractivity contribution is 5.69. The average molecular weight is 373 g/mol. The Morgan fingerprint density at radius 1 is 1.15 bits per heavy atom. The Balaban J connectivity index is 1.40. The number of aromatic nitrogens is 6. The lowest BCUT2D eigenvalue weighted by molar-refractivity contribution is 0.223. The first-order valence-electron chi connectivity index (χ1n) is 9.30. The second-order valence-electron chi connectivity index (χ2n) is 6.94. The predicted molar refractivity (Wildman–Crippen MR) is 97.6 cm³/mol. The molecule has 0 amide bonds. The van der Waals surface area contributed by atoms with Crippen molar-refractivity contribution in [3.63, 3.8) is 0 Å². The summed E-state index contributed by atoms with van der Waals surface area (Å²) in [6.45, 7) is 3.71. The minimum absolute atomic E-state index is 0.360. The third-order valence-electron chi connectivity index (χ3n) is 5.05. The number of nitrogens with zero attached hydrogens (tertiary/aromatic N) is 6. The van der Waals surface area contributed by atoms with Gasteiger partial charge in [0.25, 0.3) is 5.56 Å². The molecule has 0 aromatic carbocycles. The number of fused-ring (bicyclic) bond motifs is 1. The Kier molecular flexibility index (Phi) is 4.88. The second-order valence-corrected chi connectivity index (χ2v) is 6.94. The molecule has 1 N–H and O–H groups in total. The lowest BCUT2D eigenvalue weighted by atomic mass is 10.1. The van der Waals surface area contributed by atoms with Crippen LogP contribution in [0.3, 0.4) is 0 Å². The highest BCUT2D eigenvalue weighted by Crippen LogP contribution is 2.10. The van der Waals surface area contributed by atoms with Gasteiger partial charge in [0.2, 0.25) is 5.89 Å². The Bertz CT molecular complexity index is 1040. The maximum Gasteiger partial charge on any atom is 0.329 e. The molecule has 4 rings (SSSR count). The fourth-order valence-electron chi connectivity index (χ4n) is 3.51. The van der Waals surface area contributed by atoms with E-state index in [4.69, 9.17) is 4.52 Å². The Labute approximate surface area is 154 Å². The summed E-state index contributed by atoms with van der Waals surface area (Å²) in [5.41, 5.74) is -0.194. The minimum Gasteiger partial charge on any atom is -0.339 e. The summed E-state index contributed by atoms with van der Waals surface area (Å²) in [6.07, 6.45) is 6.67. The quantitative estimate of drug-likeness (QED) is 0.650. The van der Waals surface area contributed by atoms with Crippen LogP contribution in [-0.4, -0.2) is 53.8 Å². The van der Waals surface area contributed by atoms with Crippen molar-refractivity contribution in [2.45, 2.75) is 38.6 Å². The molecule has 27 heavy (non-hydrogen) atoms. The van der Waals surface area contributed by atoms with Crippen LogP contribution < -0.4 is 11.2 Å². The lowest BCUT2D eigenvalue weighted by Crippen LogP contribution is -2.31. The molecule has 1 aliphatic heterocycles. The van der Waals surface area contributed by atoms with Gasteiger partial charge in [-0.15, -0.1) is 0 Å². The summed E-state index contributed by atoms with van der Waals surface area (Å²) in [5.74, 6) is 1.25. The van der Waals surface area contributed by atoms with Gasteiger partial charge in [0.05, 0.1) is 6.33 Å². The molecule has 0 spiro atoms. The van der Waals surface area contributed by atoms with E-state index >= 15 is 0 Å². The van der Waals surface area contributed by atoms with Crippen molar-refractivity contribution in [3.05, 3.63) is 38.9 Å². The van der Waals surface area contributed by atoms with Gasteiger partial charge in [0.15, 0.2) is 17.0 Å². The Morgan fingerprint density at radius 2 is 1.96 bits per heavy atom. The molecular formula is C17H23N7O3. The summed E-state index contributed by atoms with van der Waals surface area (Å²) in [7, 11) is 1.58. The molecule has 4 heterocycles. The average Bonchev–Trinajstić information content (AvgIpc) is 3.31. The predicted octanol–water partition coefficient (Wildman–Crippen LogP) is 0.0774. The maximum absolute atomic E-state index is 12.1. The number of likely N-dealkylation sites (tertiary alicyclic amines) is 1. The molecule has 0 radical (unpaired) electrons. The molecule has 10 nitrogen and oxygen atoms in total. The number of nitrogens with one attached hydrogen (secondary N) is 1. The SMILES string of the molecule is Cn1c(=O)[nH]c(=O)c2c1ncn2CCc1noc(CCN2CCCCC2)n1. The maximum atomic E-state index is 12.1. The van der Waals surface area contributed by atoms with Gasteiger partial charge in [-0.05, 0) is 25.9 Å². The van der Waals surface area contributed by atoms with Crippen molar-refractivity contribution in [1.29, 1.82) is 0 Å². The van der Waals surface area contributed by atoms with Crippen LogP contribution in [0.15, 0.2) is 20.4 Å². The lowest BCUT2D eigenvalue weighted by Gasteiger charge is -2.25. The molecule has 1 saturated heterocycles. The molecule has 0 unspecified atom stereocenters. The van der Waals surface area contributed by atoms with Crippen molar-refractivity contribution in [2.24, 2.45) is 7.05 Å². The molecule has 10 heteroatoms. The van der Waals surface area contributed by atoms with Gasteiger partial charge >= 0.3 is 5.69 Å². The summed E-state index contributed by atoms with van der Waals surface area (Å²) in [6, 6.07) is 0. The van der Waals surface area contributed by atoms with E-state index in [-0.39, 0.29) is 0 Å². The van der Waals surface area contributed by atoms with Crippen LogP contribution in [0.25, 0.3) is 11.2 Å². The smallest absolute Gasteiger partial charge is 0.329 e. The first-order chi connectivity index (χ1) is 13.1. The molecule has 0 saturated carbocycles. The molecular weight excluding hydrogens is 350 g/mol. The number of aryl methyl sites for hydroxylation is 3. The number of aromatic amines is 1. The standard InChI is InChI=1S/C17H23N7O3/c1-22-15-14(16(25)20-17(22)26)24(11-18-15)10-5-12-19-13(27-21-12)6-9-23-7-3-2-4-8-23/h11H,2-10H2,1H3,(H,20,25,26). The van der Waals surface area contributed by atoms with Crippen LogP contribution in [-0.2, 0) is 26.4 Å². The van der Waals surface area contributed by atoms with Gasteiger partial charge < -0.3 is 14.0 Å². The fourth-order valence-corrected chi connectivity index (χ4v) is 3.51. The van der Waals surface area contributed by atoms with Crippen molar-refractivity contribution in [2.75, 3.05) is 19.6 Å². The number of hydrogen-bond donors (Lipinski definition) is 1. The zero-order valence-corrected chi connectivity index (χ0v) is 15.3. The molecule has 144 valence electrons. The van der Waals surface area contributed by atoms with Gasteiger partial charge in [0, 0.05) is 33.0 Å². The molecule has 1 fully saturated rings. The first kappa shape index (κ1) is 17.7. The van der Waals surface area contributed by atoms with Gasteiger partial charge in [-0.3, -0.25) is 14.3 Å². The molecule has 0 atom stereocenters. The van der Waals surface area contributed by atoms with Crippen LogP contribution in [0.4, 0.5) is 0 Å². The van der Waals surface area contributed by atoms with Gasteiger partial charge in [-0.25, -0.2) is 9.78 Å². The van der Waals surface area contributed by atoms with E-state index in [9.17, 15) is 9.59 Å². The third kappa shape index (κ3) is 3.70. The summed E-state index contributed by atoms with van der Waals surface area (Å²) >= 11 is 0. The molecule has 0 aliphatic carbocycles. The third-order valence-corrected chi connectivity index (χ3v) is 5.05. The van der Waals surface area contributed by atoms with E-state index < -0.39 is 11.2 Å². The monoisotopic (exact) mass is 373 g/mol. The first-order valence-corrected chi connectivity index (χ1v) is 9.30. The number of piperidine rings is 1. The van der Waals surface area contributed by atoms with E-state index in [1.165, 1.54) is 23.8 Å². The summed E-state index contributed by atoms with van der Waals surface area (Å²) in [4.78, 5) is 37.1. The van der Waals surface area contributed by atoms with E-state index in [1.54, 1.807) is 17.9 Å². The van der Waals surface area contributed by atoms with E-state index in [0.29, 0.717) is 35.8 Å². The van der Waals surface area contributed by atoms with Gasteiger partial charge in [-0.1, -0.05) is 11.6 Å². The molecule has 3 aromatic heterocycles. The summed E-state index contributed by atoms with van der Waals surface area (Å²) in [5, 5.41) is 4.03. The highest BCUT2D eigenvalue weighted by Gasteiger charge is 2.14. The zero-order chi connectivity index (χ0) is 18.8. The van der Waals surface area contributed by atoms with Gasteiger partial charge in [0.1, 0.15) is 0 Å². The van der Waals surface area contributed by atoms with E-state index in [0.717, 1.165) is 26.1 Å². The largest absolute Gasteiger partial charge is 0.339 e. The minimum atomic E-state index is -0.478. The van der Waals surface area contributed by atoms with Crippen LogP contribution in [0.5, 0.6) is 0 Å². The Hall–Kier alpha value is -2.75. The summed E-state index contributed by atoms with van der Waals surface area (Å²) < 4.78 is 8.37. The zero-order valence-electron chi connectivity index (χ0n) is 15.3. The number of hydrogen-bond acceptors (Lipinski definition) is 7. The van der Waals surface area contributed by atoms with Crippen molar-refractivity contribution in [1.82, 2.24) is 34.1 Å². The van der Waals surface area contributed by atoms with Crippen LogP contribution in [0.2, 0.25) is 0 Å². The molecule has 3 aromatic rings. The fraction of sp³-hybridized carbons (Fsp3) is 0.588. The van der Waals surface area contributed by atoms with Crippen LogP contribution >= 0.6 is 0 Å². The molecule has 1 aliphatic rings. The van der Waals surface area contributed by atoms with Crippen molar-refractivity contribution >= 4 is 11.2 Å². The normalized spacial score (nSPS) is 15.6. The highest BCUT2D eigenvalue weighted by atomic mass is 16.5. The number of rotatable bonds is 6. The van der Waals surface area contributed by atoms with Crippen LogP contribution in [0, 0.1) is 0 Å². The van der Waals surface area contributed by atoms with Crippen molar-refractivity contribution in [3.8, 4) is 0 Å². The van der Waals surface area contributed by atoms with Crippen molar-refractivity contribution < 1.29 is 4.52 Å². The van der Waals surface area contributed by atoms with Crippen LogP contribution in [0.1, 0.15) is 31.0 Å². The number of H-pyrrole nitrogens is 1. The van der Waals surface area contributed by atoms with E-state index in [2.05, 4.69) is 25.0 Å². The topological polar surface area (TPSA) is 115 Å². The van der Waals surface area contributed by atoms with Gasteiger partial charge in [-0.2, -0.15) is 4.98 Å². The second kappa shape index (κ2) is 7.47. The van der Waals surface area contributed by atoms with E-state index in [1.807, 2.05) is 0 Å². The number of imidazole rings is 1. The Morgan fingerprint density at radius 3 is 2.78 bits per heavy atom.